The number of amides is 2. The third-order valence-electron chi connectivity index (χ3n) is 4.48. The molecular formula is C16H31N3O2. The molecule has 2 amide bonds. The van der Waals surface area contributed by atoms with Crippen LogP contribution < -0.4 is 5.32 Å². The molecule has 0 radical (unpaired) electrons. The van der Waals surface area contributed by atoms with E-state index in [1.165, 1.54) is 0 Å². The van der Waals surface area contributed by atoms with E-state index in [1.807, 2.05) is 46.7 Å². The van der Waals surface area contributed by atoms with Gasteiger partial charge in [-0.2, -0.15) is 0 Å². The Morgan fingerprint density at radius 2 is 1.81 bits per heavy atom. The monoisotopic (exact) mass is 297 g/mol. The van der Waals surface area contributed by atoms with E-state index in [9.17, 15) is 9.59 Å². The molecule has 1 aliphatic rings. The molecule has 1 N–H and O–H groups in total. The molecule has 0 bridgehead atoms. The number of nitrogens with one attached hydrogen (secondary N) is 1. The lowest BCUT2D eigenvalue weighted by atomic mass is 9.85. The summed E-state index contributed by atoms with van der Waals surface area (Å²) in [6, 6.07) is -0.342. The van der Waals surface area contributed by atoms with Crippen molar-refractivity contribution in [3.8, 4) is 0 Å². The van der Waals surface area contributed by atoms with E-state index in [0.29, 0.717) is 19.4 Å². The van der Waals surface area contributed by atoms with E-state index < -0.39 is 5.54 Å². The Morgan fingerprint density at radius 1 is 1.24 bits per heavy atom. The topological polar surface area (TPSA) is 52.7 Å². The summed E-state index contributed by atoms with van der Waals surface area (Å²) in [6.45, 7) is 9.50. The van der Waals surface area contributed by atoms with Crippen LogP contribution in [0.2, 0.25) is 0 Å². The highest BCUT2D eigenvalue weighted by molar-refractivity contribution is 5.99. The molecule has 5 nitrogen and oxygen atoms in total. The maximum absolute atomic E-state index is 12.9. The lowest BCUT2D eigenvalue weighted by Crippen LogP contribution is -2.71. The Labute approximate surface area is 129 Å². The number of carbonyl (C=O) groups excluding carboxylic acids is 2. The number of nitrogens with zero attached hydrogens (tertiary/aromatic N) is 2. The second-order valence-electron chi connectivity index (χ2n) is 6.62. The molecule has 0 aromatic rings. The van der Waals surface area contributed by atoms with Gasteiger partial charge in [0.2, 0.25) is 11.8 Å². The van der Waals surface area contributed by atoms with Gasteiger partial charge in [0, 0.05) is 6.54 Å². The van der Waals surface area contributed by atoms with Crippen molar-refractivity contribution < 1.29 is 9.59 Å². The highest BCUT2D eigenvalue weighted by Gasteiger charge is 2.49. The van der Waals surface area contributed by atoms with Crippen molar-refractivity contribution in [2.24, 2.45) is 5.92 Å². The summed E-state index contributed by atoms with van der Waals surface area (Å²) in [7, 11) is 4.04. The Bertz CT molecular complexity index is 376. The summed E-state index contributed by atoms with van der Waals surface area (Å²) in [4.78, 5) is 29.4. The van der Waals surface area contributed by atoms with Crippen molar-refractivity contribution in [1.82, 2.24) is 15.1 Å². The molecule has 1 unspecified atom stereocenters. The van der Waals surface area contributed by atoms with E-state index in [1.54, 1.807) is 0 Å². The minimum Gasteiger partial charge on any atom is -0.340 e. The first-order chi connectivity index (χ1) is 9.79. The molecule has 1 rings (SSSR count). The molecule has 5 heteroatoms. The molecule has 0 aromatic carbocycles. The van der Waals surface area contributed by atoms with Gasteiger partial charge in [-0.3, -0.25) is 9.59 Å². The van der Waals surface area contributed by atoms with E-state index >= 15 is 0 Å². The summed E-state index contributed by atoms with van der Waals surface area (Å²) in [5, 5.41) is 3.00. The van der Waals surface area contributed by atoms with Crippen molar-refractivity contribution in [1.29, 1.82) is 0 Å². The van der Waals surface area contributed by atoms with Crippen molar-refractivity contribution >= 4 is 11.8 Å². The van der Waals surface area contributed by atoms with E-state index in [2.05, 4.69) is 10.2 Å². The number of rotatable bonds is 7. The van der Waals surface area contributed by atoms with Crippen LogP contribution in [0.15, 0.2) is 0 Å². The van der Waals surface area contributed by atoms with Gasteiger partial charge < -0.3 is 15.1 Å². The molecule has 1 atom stereocenters. The number of carbonyl (C=O) groups is 2. The quantitative estimate of drug-likeness (QED) is 0.774. The summed E-state index contributed by atoms with van der Waals surface area (Å²) < 4.78 is 0. The molecule has 0 saturated carbocycles. The van der Waals surface area contributed by atoms with Gasteiger partial charge >= 0.3 is 0 Å². The van der Waals surface area contributed by atoms with Crippen molar-refractivity contribution in [3.05, 3.63) is 0 Å². The first-order valence-electron chi connectivity index (χ1n) is 8.06. The van der Waals surface area contributed by atoms with Crippen LogP contribution in [0.5, 0.6) is 0 Å². The van der Waals surface area contributed by atoms with Gasteiger partial charge in [0.15, 0.2) is 0 Å². The minimum absolute atomic E-state index is 0.00171. The first kappa shape index (κ1) is 18.0. The summed E-state index contributed by atoms with van der Waals surface area (Å²) in [5.41, 5.74) is -0.708. The predicted molar refractivity (Wildman–Crippen MR) is 85.0 cm³/mol. The number of hydrogen-bond acceptors (Lipinski definition) is 3. The molecule has 1 heterocycles. The van der Waals surface area contributed by atoms with Crippen LogP contribution in [0.25, 0.3) is 0 Å². The van der Waals surface area contributed by atoms with E-state index in [-0.39, 0.29) is 23.8 Å². The van der Waals surface area contributed by atoms with Gasteiger partial charge in [-0.25, -0.2) is 0 Å². The largest absolute Gasteiger partial charge is 0.340 e. The lowest BCUT2D eigenvalue weighted by molar-refractivity contribution is -0.157. The summed E-state index contributed by atoms with van der Waals surface area (Å²) in [5.74, 6) is 0.211. The maximum Gasteiger partial charge on any atom is 0.248 e. The van der Waals surface area contributed by atoms with Gasteiger partial charge in [-0.1, -0.05) is 27.7 Å². The molecule has 1 saturated heterocycles. The van der Waals surface area contributed by atoms with Gasteiger partial charge in [0.05, 0.1) is 0 Å². The zero-order valence-electron chi connectivity index (χ0n) is 14.4. The van der Waals surface area contributed by atoms with Crippen molar-refractivity contribution in [2.75, 3.05) is 27.2 Å². The highest BCUT2D eigenvalue weighted by atomic mass is 16.2. The molecule has 0 aromatic heterocycles. The predicted octanol–water partition coefficient (Wildman–Crippen LogP) is 1.48. The van der Waals surface area contributed by atoms with Gasteiger partial charge in [-0.05, 0) is 45.8 Å². The van der Waals surface area contributed by atoms with Gasteiger partial charge in [0.25, 0.3) is 0 Å². The van der Waals surface area contributed by atoms with Crippen LogP contribution in [-0.4, -0.2) is 60.4 Å². The van der Waals surface area contributed by atoms with Crippen LogP contribution in [-0.2, 0) is 9.59 Å². The van der Waals surface area contributed by atoms with Crippen LogP contribution in [0.1, 0.15) is 47.0 Å². The first-order valence-corrected chi connectivity index (χ1v) is 8.06. The average molecular weight is 297 g/mol. The zero-order valence-corrected chi connectivity index (χ0v) is 14.4. The maximum atomic E-state index is 12.9. The molecule has 0 spiro atoms. The standard InChI is InChI=1S/C16H31N3O2/c1-7-16(8-2)15(21)19(11-9-10-18(5)6)13(12(3)4)14(20)17-16/h12-13H,7-11H2,1-6H3,(H,17,20). The molecule has 21 heavy (non-hydrogen) atoms. The Morgan fingerprint density at radius 3 is 2.24 bits per heavy atom. The lowest BCUT2D eigenvalue weighted by Gasteiger charge is -2.47. The number of hydrogen-bond donors (Lipinski definition) is 1. The second-order valence-corrected chi connectivity index (χ2v) is 6.62. The molecule has 1 aliphatic heterocycles. The molecule has 0 aliphatic carbocycles. The Balaban J connectivity index is 2.98. The van der Waals surface area contributed by atoms with Gasteiger partial charge in [-0.15, -0.1) is 0 Å². The fourth-order valence-corrected chi connectivity index (χ4v) is 3.10. The fraction of sp³-hybridized carbons (Fsp3) is 0.875. The minimum atomic E-state index is -0.708. The SMILES string of the molecule is CCC1(CC)NC(=O)C(C(C)C)N(CCCN(C)C)C1=O. The van der Waals surface area contributed by atoms with Crippen LogP contribution >= 0.6 is 0 Å². The van der Waals surface area contributed by atoms with E-state index in [0.717, 1.165) is 13.0 Å². The molecular weight excluding hydrogens is 266 g/mol. The summed E-state index contributed by atoms with van der Waals surface area (Å²) >= 11 is 0. The third-order valence-corrected chi connectivity index (χ3v) is 4.48. The summed E-state index contributed by atoms with van der Waals surface area (Å²) in [6.07, 6.45) is 2.17. The normalized spacial score (nSPS) is 22.1. The zero-order chi connectivity index (χ0) is 16.2. The molecule has 122 valence electrons. The Kier molecular flexibility index (Phi) is 6.20. The Hall–Kier alpha value is -1.10. The van der Waals surface area contributed by atoms with Crippen molar-refractivity contribution in [2.45, 2.75) is 58.5 Å². The van der Waals surface area contributed by atoms with Crippen LogP contribution in [0, 0.1) is 5.92 Å². The number of piperazine rings is 1. The van der Waals surface area contributed by atoms with Crippen LogP contribution in [0.3, 0.4) is 0 Å². The second kappa shape index (κ2) is 7.25. The fourth-order valence-electron chi connectivity index (χ4n) is 3.10. The van der Waals surface area contributed by atoms with Crippen LogP contribution in [0.4, 0.5) is 0 Å². The highest BCUT2D eigenvalue weighted by Crippen LogP contribution is 2.27. The molecule has 1 fully saturated rings. The van der Waals surface area contributed by atoms with Gasteiger partial charge in [0.1, 0.15) is 11.6 Å². The van der Waals surface area contributed by atoms with Crippen molar-refractivity contribution in [3.63, 3.8) is 0 Å². The average Bonchev–Trinajstić information content (AvgIpc) is 2.41. The smallest absolute Gasteiger partial charge is 0.248 e. The van der Waals surface area contributed by atoms with E-state index in [4.69, 9.17) is 0 Å². The third kappa shape index (κ3) is 3.76.